The van der Waals surface area contributed by atoms with Gasteiger partial charge in [0.1, 0.15) is 0 Å². The van der Waals surface area contributed by atoms with Crippen LogP contribution >= 0.6 is 23.5 Å². The summed E-state index contributed by atoms with van der Waals surface area (Å²) in [6.07, 6.45) is 3.54. The van der Waals surface area contributed by atoms with Crippen LogP contribution in [-0.4, -0.2) is 39.2 Å². The third kappa shape index (κ3) is 4.67. The molecule has 2 aliphatic rings. The first-order valence-corrected chi connectivity index (χ1v) is 10.4. The molecule has 2 heterocycles. The van der Waals surface area contributed by atoms with Gasteiger partial charge in [-0.25, -0.2) is 0 Å². The zero-order chi connectivity index (χ0) is 16.2. The number of rotatable bonds is 5. The first-order valence-electron chi connectivity index (χ1n) is 8.43. The number of aliphatic hydroxyl groups is 1. The molecule has 2 fully saturated rings. The summed E-state index contributed by atoms with van der Waals surface area (Å²) in [5.41, 5.74) is 1.17. The molecule has 0 aliphatic carbocycles. The highest BCUT2D eigenvalue weighted by Crippen LogP contribution is 2.54. The SMILES string of the molecule is CC[C@]1(O)CC2(C[C@H](COCc3ccccc3)O1)SCCCS2. The third-order valence-corrected chi connectivity index (χ3v) is 7.82. The maximum Gasteiger partial charge on any atom is 0.167 e. The quantitative estimate of drug-likeness (QED) is 0.864. The van der Waals surface area contributed by atoms with E-state index in [1.807, 2.05) is 48.6 Å². The van der Waals surface area contributed by atoms with Gasteiger partial charge in [-0.15, -0.1) is 23.5 Å². The lowest BCUT2D eigenvalue weighted by Gasteiger charge is -2.49. The summed E-state index contributed by atoms with van der Waals surface area (Å²) in [6.45, 7) is 3.14. The molecular weight excluding hydrogens is 328 g/mol. The Labute approximate surface area is 147 Å². The molecule has 1 spiro atoms. The lowest BCUT2D eigenvalue weighted by Crippen LogP contribution is -2.51. The standard InChI is InChI=1S/C18H26O3S2/c1-2-17(19)14-18(22-9-6-10-23-18)11-16(21-17)13-20-12-15-7-4-3-5-8-15/h3-5,7-8,16,19H,2,6,9-14H2,1H3/t16-,17-/m1/s1. The van der Waals surface area contributed by atoms with Gasteiger partial charge in [0, 0.05) is 6.42 Å². The number of benzene rings is 1. The van der Waals surface area contributed by atoms with Crippen LogP contribution in [0.5, 0.6) is 0 Å². The maximum atomic E-state index is 10.8. The fourth-order valence-electron chi connectivity index (χ4n) is 3.25. The number of ether oxygens (including phenoxy) is 2. The van der Waals surface area contributed by atoms with Gasteiger partial charge in [0.05, 0.1) is 23.4 Å². The number of hydrogen-bond acceptors (Lipinski definition) is 5. The van der Waals surface area contributed by atoms with Crippen LogP contribution in [0.4, 0.5) is 0 Å². The maximum absolute atomic E-state index is 10.8. The molecule has 1 aromatic rings. The van der Waals surface area contributed by atoms with E-state index in [4.69, 9.17) is 9.47 Å². The lowest BCUT2D eigenvalue weighted by molar-refractivity contribution is -0.263. The monoisotopic (exact) mass is 354 g/mol. The Morgan fingerprint density at radius 3 is 2.70 bits per heavy atom. The summed E-state index contributed by atoms with van der Waals surface area (Å²) in [6, 6.07) is 10.2. The molecule has 0 saturated carbocycles. The molecule has 5 heteroatoms. The van der Waals surface area contributed by atoms with Gasteiger partial charge in [-0.05, 0) is 36.3 Å². The van der Waals surface area contributed by atoms with E-state index in [9.17, 15) is 5.11 Å². The van der Waals surface area contributed by atoms with Crippen molar-refractivity contribution >= 4 is 23.5 Å². The minimum absolute atomic E-state index is 0.0319. The van der Waals surface area contributed by atoms with Crippen LogP contribution < -0.4 is 0 Å². The molecule has 0 amide bonds. The lowest BCUT2D eigenvalue weighted by atomic mass is 9.98. The number of thioether (sulfide) groups is 2. The van der Waals surface area contributed by atoms with Crippen molar-refractivity contribution in [3.63, 3.8) is 0 Å². The van der Waals surface area contributed by atoms with E-state index in [1.54, 1.807) is 0 Å². The van der Waals surface area contributed by atoms with Crippen LogP contribution in [0.15, 0.2) is 30.3 Å². The van der Waals surface area contributed by atoms with Gasteiger partial charge >= 0.3 is 0 Å². The molecule has 0 aromatic heterocycles. The van der Waals surface area contributed by atoms with Crippen LogP contribution in [-0.2, 0) is 16.1 Å². The molecule has 23 heavy (non-hydrogen) atoms. The Hall–Kier alpha value is -0.200. The Kier molecular flexibility index (Phi) is 5.97. The van der Waals surface area contributed by atoms with Crippen molar-refractivity contribution in [1.29, 1.82) is 0 Å². The minimum Gasteiger partial charge on any atom is -0.374 e. The molecule has 2 atom stereocenters. The summed E-state index contributed by atoms with van der Waals surface area (Å²) < 4.78 is 12.0. The van der Waals surface area contributed by atoms with Gasteiger partial charge in [-0.1, -0.05) is 37.3 Å². The first kappa shape index (κ1) is 17.6. The Bertz CT molecular complexity index is 490. The van der Waals surface area contributed by atoms with E-state index in [2.05, 4.69) is 12.1 Å². The molecule has 1 N–H and O–H groups in total. The summed E-state index contributed by atoms with van der Waals surface area (Å²) in [7, 11) is 0. The average molecular weight is 355 g/mol. The second kappa shape index (κ2) is 7.79. The summed E-state index contributed by atoms with van der Waals surface area (Å²) >= 11 is 4.01. The molecule has 3 nitrogen and oxygen atoms in total. The highest BCUT2D eigenvalue weighted by molar-refractivity contribution is 8.18. The normalized spacial score (nSPS) is 30.4. The van der Waals surface area contributed by atoms with Crippen molar-refractivity contribution in [3.8, 4) is 0 Å². The van der Waals surface area contributed by atoms with Crippen molar-refractivity contribution in [1.82, 2.24) is 0 Å². The van der Waals surface area contributed by atoms with Gasteiger partial charge < -0.3 is 14.6 Å². The molecular formula is C18H26O3S2. The summed E-state index contributed by atoms with van der Waals surface area (Å²) in [5, 5.41) is 10.8. The topological polar surface area (TPSA) is 38.7 Å². The van der Waals surface area contributed by atoms with Crippen LogP contribution in [0.2, 0.25) is 0 Å². The molecule has 2 aliphatic heterocycles. The molecule has 3 rings (SSSR count). The Balaban J connectivity index is 1.59. The zero-order valence-electron chi connectivity index (χ0n) is 13.7. The van der Waals surface area contributed by atoms with E-state index in [1.165, 1.54) is 23.5 Å². The predicted octanol–water partition coefficient (Wildman–Crippen LogP) is 4.05. The second-order valence-electron chi connectivity index (χ2n) is 6.38. The van der Waals surface area contributed by atoms with Gasteiger partial charge in [-0.2, -0.15) is 0 Å². The molecule has 0 bridgehead atoms. The predicted molar refractivity (Wildman–Crippen MR) is 97.7 cm³/mol. The fourth-order valence-corrected chi connectivity index (χ4v) is 6.85. The second-order valence-corrected chi connectivity index (χ2v) is 9.60. The van der Waals surface area contributed by atoms with Crippen molar-refractivity contribution < 1.29 is 14.6 Å². The van der Waals surface area contributed by atoms with Gasteiger partial charge in [0.25, 0.3) is 0 Å². The van der Waals surface area contributed by atoms with Crippen molar-refractivity contribution in [2.24, 2.45) is 0 Å². The zero-order valence-corrected chi connectivity index (χ0v) is 15.3. The van der Waals surface area contributed by atoms with Crippen molar-refractivity contribution in [2.45, 2.75) is 55.2 Å². The highest BCUT2D eigenvalue weighted by atomic mass is 32.2. The summed E-state index contributed by atoms with van der Waals surface area (Å²) in [5.74, 6) is 1.37. The van der Waals surface area contributed by atoms with E-state index >= 15 is 0 Å². The van der Waals surface area contributed by atoms with E-state index in [0.717, 1.165) is 12.8 Å². The molecule has 128 valence electrons. The summed E-state index contributed by atoms with van der Waals surface area (Å²) in [4.78, 5) is 0. The van der Waals surface area contributed by atoms with Gasteiger partial charge in [0.2, 0.25) is 0 Å². The van der Waals surface area contributed by atoms with Crippen LogP contribution in [0.3, 0.4) is 0 Å². The van der Waals surface area contributed by atoms with Crippen LogP contribution in [0.25, 0.3) is 0 Å². The van der Waals surface area contributed by atoms with Crippen LogP contribution in [0.1, 0.15) is 38.2 Å². The average Bonchev–Trinajstić information content (AvgIpc) is 2.56. The smallest absolute Gasteiger partial charge is 0.167 e. The van der Waals surface area contributed by atoms with E-state index < -0.39 is 5.79 Å². The van der Waals surface area contributed by atoms with Crippen LogP contribution in [0, 0.1) is 0 Å². The molecule has 1 aromatic carbocycles. The van der Waals surface area contributed by atoms with E-state index in [-0.39, 0.29) is 10.2 Å². The van der Waals surface area contributed by atoms with E-state index in [0.29, 0.717) is 19.6 Å². The Morgan fingerprint density at radius 1 is 1.26 bits per heavy atom. The molecule has 0 radical (unpaired) electrons. The Morgan fingerprint density at radius 2 is 2.00 bits per heavy atom. The third-order valence-electron chi connectivity index (χ3n) is 4.46. The fraction of sp³-hybridized carbons (Fsp3) is 0.667. The van der Waals surface area contributed by atoms with Gasteiger partial charge in [0.15, 0.2) is 5.79 Å². The van der Waals surface area contributed by atoms with Crippen molar-refractivity contribution in [3.05, 3.63) is 35.9 Å². The largest absolute Gasteiger partial charge is 0.374 e. The first-order chi connectivity index (χ1) is 11.1. The minimum atomic E-state index is -1.00. The van der Waals surface area contributed by atoms with Gasteiger partial charge in [-0.3, -0.25) is 0 Å². The highest BCUT2D eigenvalue weighted by Gasteiger charge is 2.49. The molecule has 2 saturated heterocycles. The number of hydrogen-bond donors (Lipinski definition) is 1. The van der Waals surface area contributed by atoms with Crippen molar-refractivity contribution in [2.75, 3.05) is 18.1 Å². The molecule has 0 unspecified atom stereocenters.